The van der Waals surface area contributed by atoms with Gasteiger partial charge in [-0.05, 0) is 37.1 Å². The summed E-state index contributed by atoms with van der Waals surface area (Å²) in [5.74, 6) is -1.53. The summed E-state index contributed by atoms with van der Waals surface area (Å²) in [6.45, 7) is -1.51. The Morgan fingerprint density at radius 3 is 2.63 bits per heavy atom. The van der Waals surface area contributed by atoms with Crippen LogP contribution in [0.5, 0.6) is 0 Å². The van der Waals surface area contributed by atoms with Gasteiger partial charge in [-0.25, -0.2) is 4.98 Å². The van der Waals surface area contributed by atoms with Crippen LogP contribution < -0.4 is 10.2 Å². The van der Waals surface area contributed by atoms with E-state index in [2.05, 4.69) is 15.2 Å². The highest BCUT2D eigenvalue weighted by Gasteiger charge is 2.54. The zero-order valence-electron chi connectivity index (χ0n) is 20.0. The van der Waals surface area contributed by atoms with Crippen molar-refractivity contribution in [3.63, 3.8) is 0 Å². The minimum absolute atomic E-state index is 0.00631. The fraction of sp³-hybridized carbons (Fsp3) is 0.375. The van der Waals surface area contributed by atoms with Crippen molar-refractivity contribution in [2.24, 2.45) is 0 Å². The summed E-state index contributed by atoms with van der Waals surface area (Å²) in [5.41, 5.74) is 0.506. The van der Waals surface area contributed by atoms with Gasteiger partial charge in [0.25, 0.3) is 11.8 Å². The van der Waals surface area contributed by atoms with E-state index in [1.807, 2.05) is 10.2 Å². The number of nitrogens with zero attached hydrogens (tertiary/aromatic N) is 5. The minimum atomic E-state index is -4.56. The minimum Gasteiger partial charge on any atom is -0.345 e. The van der Waals surface area contributed by atoms with Crippen LogP contribution in [0.1, 0.15) is 23.2 Å². The molecule has 0 radical (unpaired) electrons. The second kappa shape index (κ2) is 9.78. The number of rotatable bonds is 5. The van der Waals surface area contributed by atoms with E-state index in [4.69, 9.17) is 11.6 Å². The van der Waals surface area contributed by atoms with Crippen molar-refractivity contribution < 1.29 is 27.6 Å². The molecule has 0 unspecified atom stereocenters. The number of alkyl halides is 3. The van der Waals surface area contributed by atoms with Crippen molar-refractivity contribution in [3.8, 4) is 0 Å². The van der Waals surface area contributed by atoms with E-state index < -0.39 is 30.7 Å². The standard InChI is InChI=1S/C24H23ClF3N7O3/c25-17-2-1-3-18(9-17)35-14-34(12-19(36)30-13-24(26,27)28)22(38)23(35)4-6-33(7-5-23)21(37)16-8-15-11-31-32-20(15)29-10-16/h1-3,8-11H,4-7,12-14H2,(H,30,36)(H,29,31,32). The van der Waals surface area contributed by atoms with E-state index >= 15 is 0 Å². The van der Waals surface area contributed by atoms with Gasteiger partial charge in [-0.2, -0.15) is 18.3 Å². The summed E-state index contributed by atoms with van der Waals surface area (Å²) in [4.78, 5) is 48.0. The Morgan fingerprint density at radius 1 is 1.16 bits per heavy atom. The third-order valence-corrected chi connectivity index (χ3v) is 7.11. The van der Waals surface area contributed by atoms with E-state index in [0.717, 1.165) is 0 Å². The molecule has 1 spiro atoms. The number of piperidine rings is 1. The Labute approximate surface area is 219 Å². The Balaban J connectivity index is 1.35. The number of aromatic nitrogens is 3. The molecule has 38 heavy (non-hydrogen) atoms. The van der Waals surface area contributed by atoms with E-state index in [9.17, 15) is 27.6 Å². The van der Waals surface area contributed by atoms with Crippen molar-refractivity contribution in [1.82, 2.24) is 30.3 Å². The van der Waals surface area contributed by atoms with E-state index in [1.165, 1.54) is 11.1 Å². The number of hydrogen-bond donors (Lipinski definition) is 2. The number of nitrogens with one attached hydrogen (secondary N) is 2. The van der Waals surface area contributed by atoms with Gasteiger partial charge < -0.3 is 20.0 Å². The van der Waals surface area contributed by atoms with Crippen molar-refractivity contribution in [2.45, 2.75) is 24.6 Å². The second-order valence-electron chi connectivity index (χ2n) is 9.30. The lowest BCUT2D eigenvalue weighted by Gasteiger charge is -2.43. The molecule has 2 aliphatic rings. The van der Waals surface area contributed by atoms with Gasteiger partial charge in [-0.15, -0.1) is 0 Å². The van der Waals surface area contributed by atoms with E-state index in [1.54, 1.807) is 41.4 Å². The summed E-state index contributed by atoms with van der Waals surface area (Å²) >= 11 is 6.20. The average molecular weight is 550 g/mol. The van der Waals surface area contributed by atoms with Gasteiger partial charge in [0.15, 0.2) is 5.65 Å². The molecule has 0 atom stereocenters. The van der Waals surface area contributed by atoms with Gasteiger partial charge in [-0.1, -0.05) is 17.7 Å². The van der Waals surface area contributed by atoms with Gasteiger partial charge in [0.05, 0.1) is 18.4 Å². The highest BCUT2D eigenvalue weighted by molar-refractivity contribution is 6.30. The largest absolute Gasteiger partial charge is 0.405 e. The molecule has 10 nitrogen and oxygen atoms in total. The van der Waals surface area contributed by atoms with Crippen molar-refractivity contribution in [1.29, 1.82) is 0 Å². The highest BCUT2D eigenvalue weighted by Crippen LogP contribution is 2.40. The molecule has 2 N–H and O–H groups in total. The van der Waals surface area contributed by atoms with Crippen LogP contribution in [0.2, 0.25) is 5.02 Å². The van der Waals surface area contributed by atoms with Crippen molar-refractivity contribution in [2.75, 3.05) is 37.7 Å². The van der Waals surface area contributed by atoms with Crippen molar-refractivity contribution >= 4 is 46.0 Å². The molecule has 1 aromatic carbocycles. The van der Waals surface area contributed by atoms with Gasteiger partial charge in [0.2, 0.25) is 5.91 Å². The fourth-order valence-electron chi connectivity index (χ4n) is 5.00. The first kappa shape index (κ1) is 25.8. The second-order valence-corrected chi connectivity index (χ2v) is 9.74. The maximum atomic E-state index is 13.7. The number of pyridine rings is 1. The summed E-state index contributed by atoms with van der Waals surface area (Å²) in [7, 11) is 0. The number of anilines is 1. The first-order valence-corrected chi connectivity index (χ1v) is 12.2. The molecule has 0 aliphatic carbocycles. The van der Waals surface area contributed by atoms with Crippen LogP contribution in [0.15, 0.2) is 42.7 Å². The van der Waals surface area contributed by atoms with Crippen LogP contribution in [0.25, 0.3) is 11.0 Å². The molecule has 2 aromatic heterocycles. The third kappa shape index (κ3) is 4.97. The number of H-pyrrole nitrogens is 1. The third-order valence-electron chi connectivity index (χ3n) is 6.87. The molecule has 2 saturated heterocycles. The molecule has 0 bridgehead atoms. The predicted octanol–water partition coefficient (Wildman–Crippen LogP) is 2.57. The number of hydrogen-bond acceptors (Lipinski definition) is 6. The van der Waals surface area contributed by atoms with Crippen LogP contribution in [0.4, 0.5) is 18.9 Å². The number of fused-ring (bicyclic) bond motifs is 1. The Bertz CT molecular complexity index is 1390. The summed E-state index contributed by atoms with van der Waals surface area (Å²) < 4.78 is 37.6. The Morgan fingerprint density at radius 2 is 1.92 bits per heavy atom. The first-order chi connectivity index (χ1) is 18.1. The van der Waals surface area contributed by atoms with Gasteiger partial charge in [0, 0.05) is 35.4 Å². The van der Waals surface area contributed by atoms with Crippen LogP contribution >= 0.6 is 11.6 Å². The molecule has 2 aliphatic heterocycles. The van der Waals surface area contributed by atoms with Gasteiger partial charge in [0.1, 0.15) is 18.6 Å². The lowest BCUT2D eigenvalue weighted by atomic mass is 9.85. The summed E-state index contributed by atoms with van der Waals surface area (Å²) in [6.07, 6.45) is -1.01. The Kier molecular flexibility index (Phi) is 6.63. The van der Waals surface area contributed by atoms with Crippen LogP contribution in [0, 0.1) is 0 Å². The van der Waals surface area contributed by atoms with Crippen LogP contribution in [0.3, 0.4) is 0 Å². The van der Waals surface area contributed by atoms with Crippen molar-refractivity contribution in [3.05, 3.63) is 53.3 Å². The molecular weight excluding hydrogens is 527 g/mol. The predicted molar refractivity (Wildman–Crippen MR) is 131 cm³/mol. The molecule has 14 heteroatoms. The highest BCUT2D eigenvalue weighted by atomic mass is 35.5. The lowest BCUT2D eigenvalue weighted by molar-refractivity contribution is -0.142. The number of aromatic amines is 1. The van der Waals surface area contributed by atoms with Gasteiger partial charge in [-0.3, -0.25) is 19.5 Å². The smallest absolute Gasteiger partial charge is 0.345 e. The molecule has 200 valence electrons. The maximum absolute atomic E-state index is 13.7. The van der Waals surface area contributed by atoms with Crippen LogP contribution in [-0.2, 0) is 9.59 Å². The quantitative estimate of drug-likeness (QED) is 0.506. The zero-order chi connectivity index (χ0) is 27.1. The first-order valence-electron chi connectivity index (χ1n) is 11.8. The number of carbonyl (C=O) groups excluding carboxylic acids is 3. The number of halogens is 4. The normalized spacial score (nSPS) is 17.5. The number of amides is 3. The molecule has 0 saturated carbocycles. The van der Waals surface area contributed by atoms with E-state index in [0.29, 0.717) is 27.3 Å². The molecular formula is C24H23ClF3N7O3. The SMILES string of the molecule is O=C(CN1CN(c2cccc(Cl)c2)C2(CCN(C(=O)c3cnc4[nH]ncc4c3)CC2)C1=O)NCC(F)(F)F. The van der Waals surface area contributed by atoms with E-state index in [-0.39, 0.29) is 44.4 Å². The summed E-state index contributed by atoms with van der Waals surface area (Å²) in [6, 6.07) is 8.57. The molecule has 2 fully saturated rings. The van der Waals surface area contributed by atoms with Gasteiger partial charge >= 0.3 is 6.18 Å². The number of benzene rings is 1. The molecule has 3 amide bonds. The zero-order valence-corrected chi connectivity index (χ0v) is 20.7. The monoisotopic (exact) mass is 549 g/mol. The lowest BCUT2D eigenvalue weighted by Crippen LogP contribution is -2.57. The number of likely N-dealkylation sites (tertiary alicyclic amines) is 1. The topological polar surface area (TPSA) is 115 Å². The number of carbonyl (C=O) groups is 3. The average Bonchev–Trinajstić information content (AvgIpc) is 3.46. The molecule has 4 heterocycles. The maximum Gasteiger partial charge on any atom is 0.405 e. The molecule has 5 rings (SSSR count). The molecule has 3 aromatic rings. The summed E-state index contributed by atoms with van der Waals surface area (Å²) in [5, 5.41) is 9.60. The van der Waals surface area contributed by atoms with Crippen LogP contribution in [-0.4, -0.2) is 87.3 Å². The fourth-order valence-corrected chi connectivity index (χ4v) is 5.19. The Hall–Kier alpha value is -3.87.